The van der Waals surface area contributed by atoms with Gasteiger partial charge in [0, 0.05) is 6.61 Å². The molecule has 0 fully saturated rings. The molecule has 0 unspecified atom stereocenters. The minimum atomic E-state index is -4.32. The van der Waals surface area contributed by atoms with Gasteiger partial charge in [-0.25, -0.2) is 4.18 Å². The van der Waals surface area contributed by atoms with E-state index in [1.807, 2.05) is 0 Å². The average molecular weight is 551 g/mol. The van der Waals surface area contributed by atoms with Gasteiger partial charge in [0.2, 0.25) is 0 Å². The van der Waals surface area contributed by atoms with E-state index in [-0.39, 0.29) is 13.2 Å². The van der Waals surface area contributed by atoms with Crippen LogP contribution in [0.5, 0.6) is 0 Å². The van der Waals surface area contributed by atoms with Crippen LogP contribution in [0.15, 0.2) is 0 Å². The van der Waals surface area contributed by atoms with Gasteiger partial charge in [0.15, 0.2) is 0 Å². The highest BCUT2D eigenvalue weighted by Gasteiger charge is 2.02. The fourth-order valence-electron chi connectivity index (χ4n) is 4.44. The van der Waals surface area contributed by atoms with Crippen LogP contribution >= 0.6 is 0 Å². The van der Waals surface area contributed by atoms with Crippen molar-refractivity contribution in [2.45, 2.75) is 181 Å². The van der Waals surface area contributed by atoms with Gasteiger partial charge in [-0.1, -0.05) is 175 Å². The van der Waals surface area contributed by atoms with E-state index in [0.29, 0.717) is 6.61 Å². The van der Waals surface area contributed by atoms with Crippen molar-refractivity contribution in [1.82, 2.24) is 0 Å². The van der Waals surface area contributed by atoms with Crippen LogP contribution in [0.4, 0.5) is 0 Å². The van der Waals surface area contributed by atoms with Crippen LogP contribution in [0.25, 0.3) is 0 Å². The molecule has 6 heteroatoms. The molecule has 1 N–H and O–H groups in total. The molecular weight excluding hydrogens is 484 g/mol. The van der Waals surface area contributed by atoms with E-state index in [1.165, 1.54) is 148 Å². The van der Waals surface area contributed by atoms with E-state index in [2.05, 4.69) is 25.0 Å². The van der Waals surface area contributed by atoms with E-state index < -0.39 is 10.4 Å². The van der Waals surface area contributed by atoms with Crippen molar-refractivity contribution in [1.29, 1.82) is 0 Å². The number of unbranched alkanes of at least 4 members (excludes halogenated alkanes) is 23. The van der Waals surface area contributed by atoms with E-state index >= 15 is 0 Å². The fourth-order valence-corrected chi connectivity index (χ4v) is 4.72. The van der Waals surface area contributed by atoms with Gasteiger partial charge in [0.05, 0.1) is 13.2 Å². The van der Waals surface area contributed by atoms with Crippen molar-refractivity contribution < 1.29 is 21.9 Å². The molecule has 0 aromatic rings. The maximum atomic E-state index is 10.2. The first-order chi connectivity index (χ1) is 18.0. The summed E-state index contributed by atoms with van der Waals surface area (Å²) in [6.07, 6.45) is 34.8. The highest BCUT2D eigenvalue weighted by atomic mass is 32.3. The van der Waals surface area contributed by atoms with E-state index in [0.717, 1.165) is 12.8 Å². The lowest BCUT2D eigenvalue weighted by molar-refractivity contribution is 0.0945. The van der Waals surface area contributed by atoms with Gasteiger partial charge in [-0.3, -0.25) is 4.55 Å². The molecule has 0 atom stereocenters. The number of rotatable bonds is 29. The van der Waals surface area contributed by atoms with Gasteiger partial charge in [0.25, 0.3) is 0 Å². The van der Waals surface area contributed by atoms with Crippen molar-refractivity contribution in [2.24, 2.45) is 0 Å². The SMILES string of the molecule is CCCCCCCCCCCCCCCCCCC.CCCCCCCCCCOCCOS(=O)(=O)O. The highest BCUT2D eigenvalue weighted by Crippen LogP contribution is 2.14. The smallest absolute Gasteiger partial charge is 0.379 e. The summed E-state index contributed by atoms with van der Waals surface area (Å²) in [6, 6.07) is 0. The zero-order chi connectivity index (χ0) is 27.7. The second kappa shape index (κ2) is 33.9. The third-order valence-electron chi connectivity index (χ3n) is 6.81. The minimum absolute atomic E-state index is 0.129. The van der Waals surface area contributed by atoms with Crippen molar-refractivity contribution in [2.75, 3.05) is 19.8 Å². The Balaban J connectivity index is 0. The van der Waals surface area contributed by atoms with Crippen molar-refractivity contribution in [3.05, 3.63) is 0 Å². The Labute approximate surface area is 233 Å². The van der Waals surface area contributed by atoms with Gasteiger partial charge in [0.1, 0.15) is 0 Å². The van der Waals surface area contributed by atoms with E-state index in [4.69, 9.17) is 9.29 Å². The van der Waals surface area contributed by atoms with Crippen LogP contribution in [0, 0.1) is 0 Å². The standard InChI is InChI=1S/C19H40.C12H26O5S/c1-3-5-7-9-11-13-15-17-19-18-16-14-12-10-8-6-4-2;1-2-3-4-5-6-7-8-9-10-16-11-12-17-18(13,14)15/h3-19H2,1-2H3;2-12H2,1H3,(H,13,14,15). The van der Waals surface area contributed by atoms with E-state index in [9.17, 15) is 8.42 Å². The summed E-state index contributed by atoms with van der Waals surface area (Å²) in [5.74, 6) is 0. The minimum Gasteiger partial charge on any atom is -0.379 e. The largest absolute Gasteiger partial charge is 0.397 e. The quantitative estimate of drug-likeness (QED) is 0.0740. The van der Waals surface area contributed by atoms with Crippen LogP contribution in [0.2, 0.25) is 0 Å². The molecule has 0 aliphatic rings. The summed E-state index contributed by atoms with van der Waals surface area (Å²) in [4.78, 5) is 0. The Hall–Kier alpha value is -0.170. The van der Waals surface area contributed by atoms with Crippen LogP contribution in [0.3, 0.4) is 0 Å². The van der Waals surface area contributed by atoms with Gasteiger partial charge in [-0.2, -0.15) is 8.42 Å². The molecule has 0 bridgehead atoms. The van der Waals surface area contributed by atoms with Gasteiger partial charge >= 0.3 is 10.4 Å². The third kappa shape index (κ3) is 43.1. The molecular formula is C31H66O5S. The molecule has 0 aliphatic carbocycles. The molecule has 0 saturated heterocycles. The Morgan fingerprint density at radius 1 is 0.405 bits per heavy atom. The summed E-state index contributed by atoms with van der Waals surface area (Å²) in [7, 11) is -4.32. The second-order valence-corrected chi connectivity index (χ2v) is 11.7. The Morgan fingerprint density at radius 3 is 0.946 bits per heavy atom. The molecule has 0 rings (SSSR count). The normalized spacial score (nSPS) is 11.5. The van der Waals surface area contributed by atoms with Crippen molar-refractivity contribution in [3.8, 4) is 0 Å². The first kappa shape index (κ1) is 39.0. The van der Waals surface area contributed by atoms with Crippen LogP contribution in [0.1, 0.15) is 181 Å². The lowest BCUT2D eigenvalue weighted by Gasteiger charge is -2.04. The number of ether oxygens (including phenoxy) is 1. The maximum absolute atomic E-state index is 10.2. The first-order valence-corrected chi connectivity index (χ1v) is 17.5. The van der Waals surface area contributed by atoms with Gasteiger partial charge in [-0.15, -0.1) is 0 Å². The summed E-state index contributed by atoms with van der Waals surface area (Å²) < 4.78 is 37.9. The topological polar surface area (TPSA) is 72.8 Å². The molecule has 226 valence electrons. The summed E-state index contributed by atoms with van der Waals surface area (Å²) >= 11 is 0. The second-order valence-electron chi connectivity index (χ2n) is 10.6. The Morgan fingerprint density at radius 2 is 0.676 bits per heavy atom. The first-order valence-electron chi connectivity index (χ1n) is 16.2. The molecule has 0 amide bonds. The maximum Gasteiger partial charge on any atom is 0.397 e. The van der Waals surface area contributed by atoms with E-state index in [1.54, 1.807) is 0 Å². The van der Waals surface area contributed by atoms with Crippen LogP contribution in [-0.2, 0) is 19.3 Å². The summed E-state index contributed by atoms with van der Waals surface area (Å²) in [5.41, 5.74) is 0. The third-order valence-corrected chi connectivity index (χ3v) is 7.27. The predicted molar refractivity (Wildman–Crippen MR) is 161 cm³/mol. The number of hydrogen-bond donors (Lipinski definition) is 1. The fraction of sp³-hybridized carbons (Fsp3) is 1.00. The molecule has 5 nitrogen and oxygen atoms in total. The molecule has 37 heavy (non-hydrogen) atoms. The average Bonchev–Trinajstić information content (AvgIpc) is 2.87. The lowest BCUT2D eigenvalue weighted by Crippen LogP contribution is -2.10. The summed E-state index contributed by atoms with van der Waals surface area (Å²) in [5, 5.41) is 0. The summed E-state index contributed by atoms with van der Waals surface area (Å²) in [6.45, 7) is 7.48. The molecule has 0 radical (unpaired) electrons. The zero-order valence-electron chi connectivity index (χ0n) is 25.3. The molecule has 0 aromatic carbocycles. The number of hydrogen-bond acceptors (Lipinski definition) is 4. The van der Waals surface area contributed by atoms with Gasteiger partial charge in [-0.05, 0) is 6.42 Å². The predicted octanol–water partition coefficient (Wildman–Crippen LogP) is 10.6. The van der Waals surface area contributed by atoms with Crippen LogP contribution in [-0.4, -0.2) is 32.8 Å². The highest BCUT2D eigenvalue weighted by molar-refractivity contribution is 7.80. The molecule has 0 heterocycles. The van der Waals surface area contributed by atoms with Crippen molar-refractivity contribution >= 4 is 10.4 Å². The molecule has 0 saturated carbocycles. The van der Waals surface area contributed by atoms with Crippen LogP contribution < -0.4 is 0 Å². The Kier molecular flexibility index (Phi) is 35.7. The Bertz CT molecular complexity index is 480. The molecule has 0 aliphatic heterocycles. The lowest BCUT2D eigenvalue weighted by atomic mass is 10.0. The van der Waals surface area contributed by atoms with Gasteiger partial charge < -0.3 is 4.74 Å². The molecule has 0 spiro atoms. The van der Waals surface area contributed by atoms with Crippen molar-refractivity contribution in [3.63, 3.8) is 0 Å². The monoisotopic (exact) mass is 550 g/mol. The zero-order valence-corrected chi connectivity index (χ0v) is 26.1. The molecule has 0 aromatic heterocycles.